The highest BCUT2D eigenvalue weighted by Gasteiger charge is 2.16. The molecule has 1 saturated heterocycles. The first-order valence-corrected chi connectivity index (χ1v) is 8.92. The van der Waals surface area contributed by atoms with E-state index in [9.17, 15) is 4.79 Å². The summed E-state index contributed by atoms with van der Waals surface area (Å²) in [5.74, 6) is 2.81. The van der Waals surface area contributed by atoms with Crippen molar-refractivity contribution in [2.24, 2.45) is 5.92 Å². The summed E-state index contributed by atoms with van der Waals surface area (Å²) in [6.07, 6.45) is 3.24. The molecule has 2 heterocycles. The molecule has 2 rings (SSSR count). The van der Waals surface area contributed by atoms with Crippen molar-refractivity contribution in [2.45, 2.75) is 32.2 Å². The van der Waals surface area contributed by atoms with Crippen LogP contribution in [0.15, 0.2) is 17.5 Å². The molecule has 0 aliphatic carbocycles. The highest BCUT2D eigenvalue weighted by molar-refractivity contribution is 7.99. The number of thiophene rings is 1. The van der Waals surface area contributed by atoms with Gasteiger partial charge in [0.05, 0.1) is 0 Å². The van der Waals surface area contributed by atoms with Gasteiger partial charge in [-0.2, -0.15) is 11.8 Å². The molecule has 0 saturated carbocycles. The molecule has 5 heteroatoms. The van der Waals surface area contributed by atoms with Crippen LogP contribution in [0.2, 0.25) is 0 Å². The largest absolute Gasteiger partial charge is 0.338 e. The summed E-state index contributed by atoms with van der Waals surface area (Å²) in [6.45, 7) is 2.92. The first-order valence-electron chi connectivity index (χ1n) is 6.88. The Kier molecular flexibility index (Phi) is 6.04. The normalized spacial score (nSPS) is 17.9. The van der Waals surface area contributed by atoms with Crippen LogP contribution < -0.4 is 10.6 Å². The second-order valence-electron chi connectivity index (χ2n) is 5.13. The zero-order chi connectivity index (χ0) is 13.5. The van der Waals surface area contributed by atoms with Gasteiger partial charge in [-0.05, 0) is 48.1 Å². The van der Waals surface area contributed by atoms with E-state index in [1.807, 2.05) is 11.8 Å². The summed E-state index contributed by atoms with van der Waals surface area (Å²) in [4.78, 5) is 13.2. The van der Waals surface area contributed by atoms with Crippen molar-refractivity contribution in [3.05, 3.63) is 22.4 Å². The van der Waals surface area contributed by atoms with Gasteiger partial charge in [-0.25, -0.2) is 4.79 Å². The number of nitrogens with one attached hydrogen (secondary N) is 2. The topological polar surface area (TPSA) is 41.1 Å². The van der Waals surface area contributed by atoms with E-state index >= 15 is 0 Å². The minimum atomic E-state index is -0.00469. The number of carbonyl (C=O) groups excluding carboxylic acids is 1. The third-order valence-electron chi connectivity index (χ3n) is 3.30. The minimum Gasteiger partial charge on any atom is -0.338 e. The molecule has 2 N–H and O–H groups in total. The minimum absolute atomic E-state index is 0.00469. The highest BCUT2D eigenvalue weighted by atomic mass is 32.2. The number of hydrogen-bond acceptors (Lipinski definition) is 3. The van der Waals surface area contributed by atoms with Crippen LogP contribution in [0.25, 0.3) is 0 Å². The molecule has 2 amide bonds. The highest BCUT2D eigenvalue weighted by Crippen LogP contribution is 2.17. The number of hydrogen-bond donors (Lipinski definition) is 2. The van der Waals surface area contributed by atoms with Gasteiger partial charge in [0, 0.05) is 17.5 Å². The van der Waals surface area contributed by atoms with Crippen LogP contribution in [0.1, 0.15) is 24.6 Å². The maximum absolute atomic E-state index is 11.8. The maximum Gasteiger partial charge on any atom is 0.315 e. The summed E-state index contributed by atoms with van der Waals surface area (Å²) in [6, 6.07) is 4.60. The van der Waals surface area contributed by atoms with Crippen LogP contribution in [0.4, 0.5) is 4.79 Å². The summed E-state index contributed by atoms with van der Waals surface area (Å²) in [5.41, 5.74) is 0. The first kappa shape index (κ1) is 14.7. The molecule has 1 unspecified atom stereocenters. The van der Waals surface area contributed by atoms with E-state index < -0.39 is 0 Å². The van der Waals surface area contributed by atoms with Crippen molar-refractivity contribution in [3.63, 3.8) is 0 Å². The van der Waals surface area contributed by atoms with E-state index in [4.69, 9.17) is 0 Å². The van der Waals surface area contributed by atoms with Gasteiger partial charge in [-0.1, -0.05) is 13.0 Å². The second-order valence-corrected chi connectivity index (χ2v) is 7.39. The number of urea groups is 1. The molecular weight excluding hydrogens is 276 g/mol. The molecule has 19 heavy (non-hydrogen) atoms. The van der Waals surface area contributed by atoms with E-state index in [1.54, 1.807) is 11.3 Å². The fraction of sp³-hybridized carbons (Fsp3) is 0.643. The second kappa shape index (κ2) is 7.80. The lowest BCUT2D eigenvalue weighted by Crippen LogP contribution is -2.44. The molecule has 0 bridgehead atoms. The molecular formula is C14H22N2OS2. The zero-order valence-electron chi connectivity index (χ0n) is 11.4. The Bertz CT molecular complexity index is 375. The Labute approximate surface area is 123 Å². The van der Waals surface area contributed by atoms with Gasteiger partial charge >= 0.3 is 6.03 Å². The van der Waals surface area contributed by atoms with E-state index in [2.05, 4.69) is 35.1 Å². The summed E-state index contributed by atoms with van der Waals surface area (Å²) in [7, 11) is 0. The standard InChI is InChI=1S/C14H22N2OS2/c1-11(9-13-3-2-6-19-13)10-15-14(17)16-12-4-7-18-8-5-12/h2-3,6,11-12H,4-5,7-10H2,1H3,(H2,15,16,17). The van der Waals surface area contributed by atoms with Crippen molar-refractivity contribution in [1.82, 2.24) is 10.6 Å². The van der Waals surface area contributed by atoms with Crippen molar-refractivity contribution in [3.8, 4) is 0 Å². The molecule has 0 spiro atoms. The van der Waals surface area contributed by atoms with Crippen LogP contribution in [0.3, 0.4) is 0 Å². The molecule has 1 aromatic rings. The Hall–Kier alpha value is -0.680. The molecule has 0 aromatic carbocycles. The molecule has 1 aromatic heterocycles. The first-order chi connectivity index (χ1) is 9.24. The predicted octanol–water partition coefficient (Wildman–Crippen LogP) is 3.12. The van der Waals surface area contributed by atoms with Gasteiger partial charge in [0.25, 0.3) is 0 Å². The van der Waals surface area contributed by atoms with E-state index in [0.29, 0.717) is 12.0 Å². The lowest BCUT2D eigenvalue weighted by atomic mass is 10.1. The van der Waals surface area contributed by atoms with E-state index in [-0.39, 0.29) is 6.03 Å². The summed E-state index contributed by atoms with van der Waals surface area (Å²) >= 11 is 3.76. The lowest BCUT2D eigenvalue weighted by Gasteiger charge is -2.23. The molecule has 106 valence electrons. The zero-order valence-corrected chi connectivity index (χ0v) is 13.0. The molecule has 1 aliphatic rings. The Morgan fingerprint density at radius 3 is 2.95 bits per heavy atom. The fourth-order valence-corrected chi connectivity index (χ4v) is 4.17. The molecule has 1 fully saturated rings. The van der Waals surface area contributed by atoms with E-state index in [0.717, 1.165) is 25.8 Å². The van der Waals surface area contributed by atoms with Gasteiger partial charge in [0.1, 0.15) is 0 Å². The number of rotatable bonds is 5. The lowest BCUT2D eigenvalue weighted by molar-refractivity contribution is 0.234. The van der Waals surface area contributed by atoms with Crippen molar-refractivity contribution < 1.29 is 4.79 Å². The van der Waals surface area contributed by atoms with Gasteiger partial charge < -0.3 is 10.6 Å². The molecule has 0 radical (unpaired) electrons. The molecule has 1 atom stereocenters. The van der Waals surface area contributed by atoms with Crippen LogP contribution in [-0.2, 0) is 6.42 Å². The summed E-state index contributed by atoms with van der Waals surface area (Å²) < 4.78 is 0. The Morgan fingerprint density at radius 1 is 1.47 bits per heavy atom. The van der Waals surface area contributed by atoms with Crippen molar-refractivity contribution >= 4 is 29.1 Å². The SMILES string of the molecule is CC(CNC(=O)NC1CCSCC1)Cc1cccs1. The molecule has 3 nitrogen and oxygen atoms in total. The fourth-order valence-electron chi connectivity index (χ4n) is 2.19. The van der Waals surface area contributed by atoms with Gasteiger partial charge in [0.2, 0.25) is 0 Å². The van der Waals surface area contributed by atoms with Crippen LogP contribution in [0.5, 0.6) is 0 Å². The van der Waals surface area contributed by atoms with Crippen LogP contribution in [-0.4, -0.2) is 30.1 Å². The summed E-state index contributed by atoms with van der Waals surface area (Å²) in [5, 5.41) is 8.16. The van der Waals surface area contributed by atoms with Crippen LogP contribution >= 0.6 is 23.1 Å². The van der Waals surface area contributed by atoms with Gasteiger partial charge in [-0.3, -0.25) is 0 Å². The van der Waals surface area contributed by atoms with Crippen LogP contribution in [0, 0.1) is 5.92 Å². The van der Waals surface area contributed by atoms with Gasteiger partial charge in [0.15, 0.2) is 0 Å². The maximum atomic E-state index is 11.8. The van der Waals surface area contributed by atoms with Gasteiger partial charge in [-0.15, -0.1) is 11.3 Å². The van der Waals surface area contributed by atoms with Crippen molar-refractivity contribution in [2.75, 3.05) is 18.1 Å². The number of carbonyl (C=O) groups is 1. The monoisotopic (exact) mass is 298 g/mol. The number of thioether (sulfide) groups is 1. The van der Waals surface area contributed by atoms with Crippen molar-refractivity contribution in [1.29, 1.82) is 0 Å². The van der Waals surface area contributed by atoms with E-state index in [1.165, 1.54) is 16.4 Å². The Balaban J connectivity index is 1.62. The molecule has 1 aliphatic heterocycles. The quantitative estimate of drug-likeness (QED) is 0.877. The number of amides is 2. The Morgan fingerprint density at radius 2 is 2.26 bits per heavy atom. The third kappa shape index (κ3) is 5.45. The predicted molar refractivity (Wildman–Crippen MR) is 84.1 cm³/mol. The smallest absolute Gasteiger partial charge is 0.315 e. The average Bonchev–Trinajstić information content (AvgIpc) is 2.90. The third-order valence-corrected chi connectivity index (χ3v) is 5.24. The average molecular weight is 298 g/mol.